The highest BCUT2D eigenvalue weighted by atomic mass is 32.2. The molecule has 0 saturated carbocycles. The van der Waals surface area contributed by atoms with E-state index in [0.29, 0.717) is 5.56 Å². The highest BCUT2D eigenvalue weighted by Gasteiger charge is 2.39. The SMILES string of the molecule is Cc1ccc(S(=O)(=O)OC[C@@H]2OC(c3ccccc3)O[C@@H]2COS(=O)(=O)c2ccc(C)cc2)cc1. The molecule has 0 radical (unpaired) electrons. The summed E-state index contributed by atoms with van der Waals surface area (Å²) < 4.78 is 72.9. The minimum atomic E-state index is -4.06. The standard InChI is InChI=1S/C25H26O8S2/c1-18-8-12-21(13-9-18)34(26,27)30-16-23-24(33-25(32-23)20-6-4-3-5-7-20)17-31-35(28,29)22-14-10-19(2)11-15-22/h3-15,23-25H,16-17H2,1-2H3/t23-,24+,25?. The predicted molar refractivity (Wildman–Crippen MR) is 128 cm³/mol. The van der Waals surface area contributed by atoms with Crippen molar-refractivity contribution in [1.82, 2.24) is 0 Å². The summed E-state index contributed by atoms with van der Waals surface area (Å²) >= 11 is 0. The maximum absolute atomic E-state index is 12.6. The zero-order chi connectivity index (χ0) is 25.1. The first-order chi connectivity index (χ1) is 16.6. The lowest BCUT2D eigenvalue weighted by molar-refractivity contribution is -0.0750. The van der Waals surface area contributed by atoms with Crippen molar-refractivity contribution in [2.45, 2.75) is 42.1 Å². The van der Waals surface area contributed by atoms with E-state index in [1.54, 1.807) is 48.5 Å². The molecule has 1 aliphatic rings. The third-order valence-electron chi connectivity index (χ3n) is 5.48. The molecule has 0 N–H and O–H groups in total. The Morgan fingerprint density at radius 2 is 1.03 bits per heavy atom. The van der Waals surface area contributed by atoms with Crippen LogP contribution in [0.25, 0.3) is 0 Å². The molecule has 3 atom stereocenters. The molecule has 0 amide bonds. The summed E-state index contributed by atoms with van der Waals surface area (Å²) in [6, 6.07) is 21.5. The smallest absolute Gasteiger partial charge is 0.297 e. The van der Waals surface area contributed by atoms with E-state index in [1.165, 1.54) is 24.3 Å². The van der Waals surface area contributed by atoms with E-state index < -0.39 is 38.7 Å². The zero-order valence-electron chi connectivity index (χ0n) is 19.2. The molecule has 3 aromatic rings. The van der Waals surface area contributed by atoms with Gasteiger partial charge in [0.1, 0.15) is 12.2 Å². The highest BCUT2D eigenvalue weighted by molar-refractivity contribution is 7.87. The van der Waals surface area contributed by atoms with Crippen molar-refractivity contribution in [1.29, 1.82) is 0 Å². The van der Waals surface area contributed by atoms with Gasteiger partial charge in [-0.15, -0.1) is 0 Å². The minimum Gasteiger partial charge on any atom is -0.340 e. The van der Waals surface area contributed by atoms with E-state index in [1.807, 2.05) is 19.9 Å². The molecule has 0 bridgehead atoms. The summed E-state index contributed by atoms with van der Waals surface area (Å²) in [5, 5.41) is 0. The zero-order valence-corrected chi connectivity index (χ0v) is 20.9. The largest absolute Gasteiger partial charge is 0.340 e. The van der Waals surface area contributed by atoms with Gasteiger partial charge in [-0.3, -0.25) is 8.37 Å². The number of ether oxygens (including phenoxy) is 2. The van der Waals surface area contributed by atoms with Gasteiger partial charge in [-0.05, 0) is 38.1 Å². The van der Waals surface area contributed by atoms with E-state index >= 15 is 0 Å². The molecule has 1 saturated heterocycles. The fraction of sp³-hybridized carbons (Fsp3) is 0.280. The number of aryl methyl sites for hydroxylation is 2. The van der Waals surface area contributed by atoms with E-state index in [-0.39, 0.29) is 23.0 Å². The summed E-state index contributed by atoms with van der Waals surface area (Å²) in [7, 11) is -8.11. The van der Waals surface area contributed by atoms with Crippen LogP contribution in [0.3, 0.4) is 0 Å². The van der Waals surface area contributed by atoms with Gasteiger partial charge in [-0.25, -0.2) is 0 Å². The first-order valence-electron chi connectivity index (χ1n) is 10.9. The molecular weight excluding hydrogens is 492 g/mol. The lowest BCUT2D eigenvalue weighted by atomic mass is 10.2. The third kappa shape index (κ3) is 6.35. The average Bonchev–Trinajstić information content (AvgIpc) is 3.26. The minimum absolute atomic E-state index is 0.0105. The van der Waals surface area contributed by atoms with Crippen molar-refractivity contribution in [3.05, 3.63) is 95.6 Å². The van der Waals surface area contributed by atoms with Crippen molar-refractivity contribution < 1.29 is 34.7 Å². The van der Waals surface area contributed by atoms with Gasteiger partial charge >= 0.3 is 0 Å². The van der Waals surface area contributed by atoms with Crippen LogP contribution < -0.4 is 0 Å². The number of hydrogen-bond donors (Lipinski definition) is 0. The fourth-order valence-electron chi connectivity index (χ4n) is 3.44. The summed E-state index contributed by atoms with van der Waals surface area (Å²) in [6.45, 7) is 2.94. The quantitative estimate of drug-likeness (QED) is 0.393. The Labute approximate surface area is 205 Å². The summed E-state index contributed by atoms with van der Waals surface area (Å²) in [5.41, 5.74) is 2.52. The van der Waals surface area contributed by atoms with Crippen LogP contribution in [0.5, 0.6) is 0 Å². The van der Waals surface area contributed by atoms with Gasteiger partial charge in [0.05, 0.1) is 23.0 Å². The van der Waals surface area contributed by atoms with Gasteiger partial charge in [-0.1, -0.05) is 65.7 Å². The van der Waals surface area contributed by atoms with E-state index in [4.69, 9.17) is 17.8 Å². The van der Waals surface area contributed by atoms with E-state index in [2.05, 4.69) is 0 Å². The van der Waals surface area contributed by atoms with Crippen LogP contribution in [-0.2, 0) is 38.1 Å². The molecule has 0 aromatic heterocycles. The molecule has 1 unspecified atom stereocenters. The molecule has 4 rings (SSSR count). The van der Waals surface area contributed by atoms with E-state index in [9.17, 15) is 16.8 Å². The molecule has 1 aliphatic heterocycles. The molecular formula is C25H26O8S2. The lowest BCUT2D eigenvalue weighted by Gasteiger charge is -2.17. The van der Waals surface area contributed by atoms with Crippen LogP contribution in [0.2, 0.25) is 0 Å². The Hall–Kier alpha value is -2.60. The van der Waals surface area contributed by atoms with Crippen molar-refractivity contribution in [2.75, 3.05) is 13.2 Å². The molecule has 0 aliphatic carbocycles. The van der Waals surface area contributed by atoms with Crippen LogP contribution in [0.15, 0.2) is 88.7 Å². The molecule has 3 aromatic carbocycles. The Morgan fingerprint density at radius 3 is 1.43 bits per heavy atom. The molecule has 1 heterocycles. The molecule has 8 nitrogen and oxygen atoms in total. The second-order valence-electron chi connectivity index (χ2n) is 8.20. The maximum atomic E-state index is 12.6. The number of rotatable bonds is 9. The average molecular weight is 519 g/mol. The van der Waals surface area contributed by atoms with Gasteiger partial charge in [-0.2, -0.15) is 16.8 Å². The van der Waals surface area contributed by atoms with Crippen LogP contribution in [0, 0.1) is 13.8 Å². The fourth-order valence-corrected chi connectivity index (χ4v) is 5.28. The van der Waals surface area contributed by atoms with Crippen molar-refractivity contribution in [3.8, 4) is 0 Å². The second-order valence-corrected chi connectivity index (χ2v) is 11.4. The van der Waals surface area contributed by atoms with Gasteiger partial charge in [0.25, 0.3) is 20.2 Å². The first-order valence-corrected chi connectivity index (χ1v) is 13.7. The van der Waals surface area contributed by atoms with Crippen LogP contribution in [-0.4, -0.2) is 42.3 Å². The van der Waals surface area contributed by atoms with Gasteiger partial charge in [0, 0.05) is 5.56 Å². The monoisotopic (exact) mass is 518 g/mol. The van der Waals surface area contributed by atoms with Crippen molar-refractivity contribution >= 4 is 20.2 Å². The Kier molecular flexibility index (Phi) is 7.70. The molecule has 186 valence electrons. The summed E-state index contributed by atoms with van der Waals surface area (Å²) in [6.07, 6.45) is -2.62. The number of hydrogen-bond acceptors (Lipinski definition) is 8. The van der Waals surface area contributed by atoms with Crippen LogP contribution in [0.4, 0.5) is 0 Å². The van der Waals surface area contributed by atoms with Gasteiger partial charge in [0.15, 0.2) is 6.29 Å². The number of benzene rings is 3. The summed E-state index contributed by atoms with van der Waals surface area (Å²) in [4.78, 5) is 0.0211. The topological polar surface area (TPSA) is 105 Å². The second kappa shape index (κ2) is 10.6. The summed E-state index contributed by atoms with van der Waals surface area (Å²) in [5.74, 6) is 0. The highest BCUT2D eigenvalue weighted by Crippen LogP contribution is 2.32. The van der Waals surface area contributed by atoms with Crippen molar-refractivity contribution in [3.63, 3.8) is 0 Å². The Morgan fingerprint density at radius 1 is 0.629 bits per heavy atom. The van der Waals surface area contributed by atoms with Crippen molar-refractivity contribution in [2.24, 2.45) is 0 Å². The normalized spacial score (nSPS) is 20.7. The maximum Gasteiger partial charge on any atom is 0.297 e. The first kappa shape index (κ1) is 25.5. The van der Waals surface area contributed by atoms with Crippen LogP contribution in [0.1, 0.15) is 23.0 Å². The molecule has 10 heteroatoms. The Bertz CT molecular complexity index is 1250. The van der Waals surface area contributed by atoms with Gasteiger partial charge in [0.2, 0.25) is 0 Å². The lowest BCUT2D eigenvalue weighted by Crippen LogP contribution is -2.33. The Balaban J connectivity index is 1.48. The molecule has 1 fully saturated rings. The van der Waals surface area contributed by atoms with Gasteiger partial charge < -0.3 is 9.47 Å². The predicted octanol–water partition coefficient (Wildman–Crippen LogP) is 3.90. The molecule has 35 heavy (non-hydrogen) atoms. The van der Waals surface area contributed by atoms with Crippen LogP contribution >= 0.6 is 0 Å². The van der Waals surface area contributed by atoms with E-state index in [0.717, 1.165) is 11.1 Å². The molecule has 0 spiro atoms. The third-order valence-corrected chi connectivity index (χ3v) is 8.07.